The van der Waals surface area contributed by atoms with Crippen LogP contribution in [0.3, 0.4) is 0 Å². The zero-order valence-electron chi connectivity index (χ0n) is 42.1. The Balaban J connectivity index is 1.70. The van der Waals surface area contributed by atoms with Gasteiger partial charge in [0.2, 0.25) is 0 Å². The van der Waals surface area contributed by atoms with E-state index in [0.29, 0.717) is 59.2 Å². The Kier molecular flexibility index (Phi) is 19.5. The maximum atomic E-state index is 13.2. The maximum absolute atomic E-state index is 13.2. The number of carbonyl (C=O) groups excluding carboxylic acids is 1. The van der Waals surface area contributed by atoms with Gasteiger partial charge in [-0.2, -0.15) is 0 Å². The first-order valence-corrected chi connectivity index (χ1v) is 39.1. The molecule has 3 aliphatic rings. The largest absolute Gasteiger partial charge is 0.491 e. The van der Waals surface area contributed by atoms with E-state index in [2.05, 4.69) is 96.9 Å². The average molecular weight is 1040 g/mol. The molecule has 5 rings (SSSR count). The Morgan fingerprint density at radius 2 is 0.985 bits per heavy atom. The van der Waals surface area contributed by atoms with Crippen LogP contribution in [-0.2, 0) is 41.5 Å². The van der Waals surface area contributed by atoms with Crippen LogP contribution >= 0.6 is 0 Å². The summed E-state index contributed by atoms with van der Waals surface area (Å²) >= 11 is 0. The summed E-state index contributed by atoms with van der Waals surface area (Å²) in [6.45, 7) is 30.0. The highest BCUT2D eigenvalue weighted by atomic mass is 28.6. The number of benzene rings is 2. The smallest absolute Gasteiger partial charge is 0.486 e. The molecule has 0 saturated carbocycles. The summed E-state index contributed by atoms with van der Waals surface area (Å²) in [6.07, 6.45) is -0.447. The van der Waals surface area contributed by atoms with Gasteiger partial charge in [-0.25, -0.2) is 0 Å². The number of fused-ring (bicyclic) bond motifs is 3. The molecule has 0 aliphatic carbocycles. The van der Waals surface area contributed by atoms with Crippen LogP contribution in [0, 0.1) is 41.4 Å². The molecule has 3 saturated heterocycles. The maximum Gasteiger partial charge on any atom is 0.486 e. The van der Waals surface area contributed by atoms with Crippen molar-refractivity contribution in [2.75, 3.05) is 6.61 Å². The van der Waals surface area contributed by atoms with Gasteiger partial charge in [-0.15, -0.1) is 0 Å². The summed E-state index contributed by atoms with van der Waals surface area (Å²) in [5.41, 5.74) is 1.21. The van der Waals surface area contributed by atoms with Gasteiger partial charge < -0.3 is 51.0 Å². The van der Waals surface area contributed by atoms with Gasteiger partial charge in [-0.05, 0) is 77.8 Å². The van der Waals surface area contributed by atoms with Crippen LogP contribution in [-0.4, -0.2) is 95.6 Å². The monoisotopic (exact) mass is 1040 g/mol. The highest BCUT2D eigenvalue weighted by Crippen LogP contribution is 2.49. The molecule has 368 valence electrons. The Morgan fingerprint density at radius 3 is 1.48 bits per heavy atom. The van der Waals surface area contributed by atoms with Gasteiger partial charge in [-0.1, -0.05) is 127 Å². The second-order valence-corrected chi connectivity index (χ2v) is 42.1. The first kappa shape index (κ1) is 55.1. The first-order chi connectivity index (χ1) is 30.3. The minimum atomic E-state index is -4.26. The molecule has 13 nitrogen and oxygen atoms in total. The predicted octanol–water partition coefficient (Wildman–Crippen LogP) is 9.09. The fourth-order valence-corrected chi connectivity index (χ4v) is 48.9. The van der Waals surface area contributed by atoms with E-state index in [0.717, 1.165) is 10.2 Å². The van der Waals surface area contributed by atoms with Gasteiger partial charge in [-0.3, -0.25) is 4.79 Å². The van der Waals surface area contributed by atoms with Crippen molar-refractivity contribution in [3.05, 3.63) is 65.7 Å². The van der Waals surface area contributed by atoms with E-state index in [1.807, 2.05) is 42.5 Å². The molecule has 3 fully saturated rings. The number of rotatable bonds is 22. The van der Waals surface area contributed by atoms with Crippen molar-refractivity contribution in [2.24, 2.45) is 41.4 Å². The summed E-state index contributed by atoms with van der Waals surface area (Å²) < 4.78 is 82.5. The molecule has 21 heteroatoms. The molecule has 2 aromatic rings. The third kappa shape index (κ3) is 15.6. The summed E-state index contributed by atoms with van der Waals surface area (Å²) in [4.78, 5) is 26.4. The topological polar surface area (TPSA) is 139 Å². The molecule has 3 heterocycles. The molecule has 0 radical (unpaired) electrons. The Bertz CT molecular complexity index is 1820. The zero-order chi connectivity index (χ0) is 48.0. The van der Waals surface area contributed by atoms with Crippen molar-refractivity contribution in [3.8, 4) is 5.75 Å². The molecule has 4 bridgehead atoms. The second-order valence-electron chi connectivity index (χ2n) is 21.4. The quantitative estimate of drug-likeness (QED) is 0.0888. The number of carbonyl (C=O) groups is 1. The zero-order valence-corrected chi connectivity index (χ0v) is 51.3. The van der Waals surface area contributed by atoms with Crippen LogP contribution in [0.5, 0.6) is 5.75 Å². The summed E-state index contributed by atoms with van der Waals surface area (Å²) in [5.74, 6) is 1.12. The predicted molar refractivity (Wildman–Crippen MR) is 273 cm³/mol. The van der Waals surface area contributed by atoms with E-state index < -0.39 is 68.2 Å². The summed E-state index contributed by atoms with van der Waals surface area (Å²) in [7, 11) is -26.3. The second kappa shape index (κ2) is 23.0. The Hall–Kier alpha value is -0.795. The normalized spacial score (nSPS) is 31.4. The molecule has 65 heavy (non-hydrogen) atoms. The van der Waals surface area contributed by atoms with Crippen molar-refractivity contribution in [1.82, 2.24) is 0 Å². The molecule has 8 atom stereocenters. The number of ether oxygens (including phenoxy) is 1. The highest BCUT2D eigenvalue weighted by molar-refractivity contribution is 6.97. The van der Waals surface area contributed by atoms with Crippen LogP contribution in [0.25, 0.3) is 0 Å². The molecule has 2 aromatic carbocycles. The summed E-state index contributed by atoms with van der Waals surface area (Å²) in [5, 5.41) is 0. The van der Waals surface area contributed by atoms with Gasteiger partial charge in [0, 0.05) is 57.6 Å². The average Bonchev–Trinajstić information content (AvgIpc) is 3.12. The molecular weight excluding hydrogens is 961 g/mol. The highest BCUT2D eigenvalue weighted by Gasteiger charge is 2.75. The lowest BCUT2D eigenvalue weighted by molar-refractivity contribution is -0.00482. The fraction of sp³-hybridized carbons (Fsp3) is 0.705. The van der Waals surface area contributed by atoms with Crippen molar-refractivity contribution < 1.29 is 55.8 Å². The van der Waals surface area contributed by atoms with Crippen LogP contribution in [0.4, 0.5) is 0 Å². The lowest BCUT2D eigenvalue weighted by Gasteiger charge is -2.57. The van der Waals surface area contributed by atoms with Crippen LogP contribution in [0.15, 0.2) is 54.6 Å². The SMILES string of the molecule is CC(C)C[SiH]1O[Si]2(CC(C)C)O[Si](O)(CC(C)C)O[Si]3(CC(C)C)O[Si](CC(C)C)(OC(C[SiH3])COc4ccc(C(=O)c5ccccc5)cc4)O[Si](CC(C)C)(O1)O[Si](CC(C)C)(O2)O3. The lowest BCUT2D eigenvalue weighted by Crippen LogP contribution is -2.81. The van der Waals surface area contributed by atoms with Gasteiger partial charge >= 0.3 is 62.1 Å². The van der Waals surface area contributed by atoms with E-state index in [-0.39, 0.29) is 59.9 Å². The Labute approximate surface area is 402 Å². The van der Waals surface area contributed by atoms with Crippen LogP contribution in [0.1, 0.15) is 113 Å². The van der Waals surface area contributed by atoms with E-state index in [4.69, 9.17) is 46.2 Å². The van der Waals surface area contributed by atoms with E-state index >= 15 is 0 Å². The van der Waals surface area contributed by atoms with E-state index in [1.54, 1.807) is 12.1 Å². The van der Waals surface area contributed by atoms with Gasteiger partial charge in [0.1, 0.15) is 12.4 Å². The van der Waals surface area contributed by atoms with Crippen molar-refractivity contribution in [1.29, 1.82) is 0 Å². The van der Waals surface area contributed by atoms with Crippen molar-refractivity contribution in [3.63, 3.8) is 0 Å². The van der Waals surface area contributed by atoms with E-state index in [9.17, 15) is 9.59 Å². The molecule has 1 N–H and O–H groups in total. The molecule has 8 unspecified atom stereocenters. The van der Waals surface area contributed by atoms with Crippen molar-refractivity contribution in [2.45, 2.75) is 151 Å². The van der Waals surface area contributed by atoms with Gasteiger partial charge in [0.15, 0.2) is 5.78 Å². The van der Waals surface area contributed by atoms with Gasteiger partial charge in [0.25, 0.3) is 0 Å². The fourth-order valence-electron chi connectivity index (χ4n) is 8.81. The first-order valence-electron chi connectivity index (χ1n) is 24.3. The molecule has 0 aromatic heterocycles. The van der Waals surface area contributed by atoms with Crippen LogP contribution < -0.4 is 4.74 Å². The summed E-state index contributed by atoms with van der Waals surface area (Å²) in [6, 6.07) is 20.2. The number of ketones is 1. The standard InChI is InChI=1S/C44H82O13Si8/c1-33(2)26-59-49-62(29-36(7)8)51-60(46,27-34(3)4)52-64(31-38(11)12)54-61(28-35(5)6,53-63(50-59,30-37(9)10)56-65(55-62,57-64)32-39(13)14)48-43(25-58)24-47-42-22-20-41(21-23-42)44(45)40-18-16-15-17-19-40/h15-23,33-39,43,46,59H,24-32H2,1-14,58H3. The molecule has 0 spiro atoms. The Morgan fingerprint density at radius 1 is 0.554 bits per heavy atom. The van der Waals surface area contributed by atoms with Crippen LogP contribution in [0.2, 0.25) is 48.4 Å². The number of hydrogen-bond donors (Lipinski definition) is 1. The minimum absolute atomic E-state index is 0.00523. The lowest BCUT2D eigenvalue weighted by atomic mass is 10.0. The van der Waals surface area contributed by atoms with Gasteiger partial charge in [0.05, 0.1) is 6.10 Å². The minimum Gasteiger partial charge on any atom is -0.491 e. The third-order valence-corrected chi connectivity index (χ3v) is 44.1. The van der Waals surface area contributed by atoms with E-state index in [1.165, 1.54) is 0 Å². The van der Waals surface area contributed by atoms with Crippen molar-refractivity contribution >= 4 is 78.1 Å². The molecular formula is C44H82O13Si8. The third-order valence-electron chi connectivity index (χ3n) is 10.8. The molecule has 0 amide bonds. The number of hydrogen-bond acceptors (Lipinski definition) is 13. The molecule has 3 aliphatic heterocycles.